The number of rotatable bonds is 3. The second kappa shape index (κ2) is 4.88. The van der Waals surface area contributed by atoms with Gasteiger partial charge in [0.25, 0.3) is 0 Å². The van der Waals surface area contributed by atoms with Gasteiger partial charge in [-0.2, -0.15) is 5.26 Å². The molecule has 0 saturated heterocycles. The maximum Gasteiger partial charge on any atom is 0.323 e. The smallest absolute Gasteiger partial charge is 0.323 e. The lowest BCUT2D eigenvalue weighted by Crippen LogP contribution is -2.44. The van der Waals surface area contributed by atoms with Crippen LogP contribution < -0.4 is 4.90 Å². The molecule has 0 bridgehead atoms. The minimum Gasteiger partial charge on any atom is -0.480 e. The molecule has 0 heterocycles. The number of carboxylic acids is 1. The molecule has 0 saturated carbocycles. The Balaban J connectivity index is 3.05. The number of hydrogen-bond acceptors (Lipinski definition) is 3. The predicted molar refractivity (Wildman–Crippen MR) is 65.9 cm³/mol. The van der Waals surface area contributed by atoms with Crippen LogP contribution in [-0.2, 0) is 4.79 Å². The van der Waals surface area contributed by atoms with E-state index in [2.05, 4.69) is 0 Å². The Kier molecular flexibility index (Phi) is 3.74. The second-order valence-corrected chi connectivity index (χ2v) is 4.81. The molecule has 17 heavy (non-hydrogen) atoms. The van der Waals surface area contributed by atoms with Crippen LogP contribution in [0.1, 0.15) is 26.3 Å². The first-order chi connectivity index (χ1) is 7.84. The molecular formula is C13H16N2O2. The molecule has 0 unspecified atom stereocenters. The molecule has 0 spiro atoms. The number of anilines is 1. The molecule has 0 aromatic heterocycles. The van der Waals surface area contributed by atoms with Crippen LogP contribution in [0, 0.1) is 11.3 Å². The van der Waals surface area contributed by atoms with E-state index >= 15 is 0 Å². The molecule has 0 amide bonds. The van der Waals surface area contributed by atoms with Crippen molar-refractivity contribution in [2.45, 2.75) is 26.3 Å². The Bertz CT molecular complexity index is 438. The molecule has 1 aromatic carbocycles. The molecule has 4 heteroatoms. The summed E-state index contributed by atoms with van der Waals surface area (Å²) in [6, 6.07) is 8.96. The lowest BCUT2D eigenvalue weighted by atomic mass is 10.0. The number of nitrogens with zero attached hydrogens (tertiary/aromatic N) is 2. The minimum atomic E-state index is -0.871. The molecule has 1 N–H and O–H groups in total. The van der Waals surface area contributed by atoms with Gasteiger partial charge in [0.15, 0.2) is 0 Å². The highest BCUT2D eigenvalue weighted by molar-refractivity contribution is 5.74. The Labute approximate surface area is 101 Å². The van der Waals surface area contributed by atoms with Crippen LogP contribution >= 0.6 is 0 Å². The lowest BCUT2D eigenvalue weighted by Gasteiger charge is -2.36. The largest absolute Gasteiger partial charge is 0.480 e. The first kappa shape index (κ1) is 13.0. The molecule has 0 aliphatic rings. The third kappa shape index (κ3) is 3.49. The molecule has 0 aliphatic carbocycles. The fourth-order valence-corrected chi connectivity index (χ4v) is 1.57. The fourth-order valence-electron chi connectivity index (χ4n) is 1.57. The van der Waals surface area contributed by atoms with Crippen molar-refractivity contribution in [1.82, 2.24) is 0 Å². The van der Waals surface area contributed by atoms with E-state index in [4.69, 9.17) is 10.4 Å². The third-order valence-corrected chi connectivity index (χ3v) is 2.41. The van der Waals surface area contributed by atoms with Crippen molar-refractivity contribution in [2.75, 3.05) is 11.4 Å². The Hall–Kier alpha value is -2.02. The molecule has 4 nitrogen and oxygen atoms in total. The van der Waals surface area contributed by atoms with Crippen molar-refractivity contribution in [1.29, 1.82) is 5.26 Å². The number of aliphatic carboxylic acids is 1. The quantitative estimate of drug-likeness (QED) is 0.868. The van der Waals surface area contributed by atoms with Gasteiger partial charge in [0.05, 0.1) is 11.6 Å². The Morgan fingerprint density at radius 2 is 1.88 bits per heavy atom. The summed E-state index contributed by atoms with van der Waals surface area (Å²) in [6.07, 6.45) is 0. The van der Waals surface area contributed by atoms with Crippen molar-refractivity contribution in [3.63, 3.8) is 0 Å². The van der Waals surface area contributed by atoms with Crippen LogP contribution in [-0.4, -0.2) is 23.2 Å². The zero-order chi connectivity index (χ0) is 13.1. The Morgan fingerprint density at radius 3 is 2.24 bits per heavy atom. The average Bonchev–Trinajstić information content (AvgIpc) is 2.24. The normalized spacial score (nSPS) is 10.7. The van der Waals surface area contributed by atoms with E-state index in [1.165, 1.54) is 0 Å². The first-order valence-electron chi connectivity index (χ1n) is 5.34. The maximum atomic E-state index is 10.9. The number of carboxylic acid groups (broad SMARTS) is 1. The van der Waals surface area contributed by atoms with E-state index in [1.54, 1.807) is 29.2 Å². The number of nitriles is 1. The monoisotopic (exact) mass is 232 g/mol. The summed E-state index contributed by atoms with van der Waals surface area (Å²) in [4.78, 5) is 12.6. The van der Waals surface area contributed by atoms with Crippen molar-refractivity contribution in [2.24, 2.45) is 0 Å². The van der Waals surface area contributed by atoms with E-state index in [-0.39, 0.29) is 12.1 Å². The van der Waals surface area contributed by atoms with Gasteiger partial charge in [0, 0.05) is 11.2 Å². The molecule has 90 valence electrons. The molecule has 0 aliphatic heterocycles. The summed E-state index contributed by atoms with van der Waals surface area (Å²) in [7, 11) is 0. The summed E-state index contributed by atoms with van der Waals surface area (Å²) >= 11 is 0. The summed E-state index contributed by atoms with van der Waals surface area (Å²) in [5.41, 5.74) is 1.09. The minimum absolute atomic E-state index is 0.0601. The van der Waals surface area contributed by atoms with Gasteiger partial charge in [-0.1, -0.05) is 0 Å². The first-order valence-corrected chi connectivity index (χ1v) is 5.34. The third-order valence-electron chi connectivity index (χ3n) is 2.41. The van der Waals surface area contributed by atoms with Crippen LogP contribution in [0.15, 0.2) is 24.3 Å². The summed E-state index contributed by atoms with van der Waals surface area (Å²) < 4.78 is 0. The van der Waals surface area contributed by atoms with E-state index < -0.39 is 5.97 Å². The van der Waals surface area contributed by atoms with Gasteiger partial charge >= 0.3 is 5.97 Å². The number of hydrogen-bond donors (Lipinski definition) is 1. The van der Waals surface area contributed by atoms with Gasteiger partial charge in [-0.05, 0) is 45.0 Å². The van der Waals surface area contributed by atoms with Crippen LogP contribution in [0.25, 0.3) is 0 Å². The van der Waals surface area contributed by atoms with Crippen molar-refractivity contribution in [3.05, 3.63) is 29.8 Å². The summed E-state index contributed by atoms with van der Waals surface area (Å²) in [5, 5.41) is 17.6. The maximum absolute atomic E-state index is 10.9. The van der Waals surface area contributed by atoms with Crippen LogP contribution in [0.5, 0.6) is 0 Å². The average molecular weight is 232 g/mol. The van der Waals surface area contributed by atoms with E-state index in [9.17, 15) is 4.79 Å². The predicted octanol–water partition coefficient (Wildman–Crippen LogP) is 2.25. The molecular weight excluding hydrogens is 216 g/mol. The summed E-state index contributed by atoms with van der Waals surface area (Å²) in [6.45, 7) is 5.80. The molecule has 0 atom stereocenters. The fraction of sp³-hybridized carbons (Fsp3) is 0.385. The van der Waals surface area contributed by atoms with Crippen molar-refractivity contribution >= 4 is 11.7 Å². The molecule has 1 aromatic rings. The van der Waals surface area contributed by atoms with E-state index in [1.807, 2.05) is 26.8 Å². The van der Waals surface area contributed by atoms with Gasteiger partial charge < -0.3 is 10.0 Å². The standard InChI is InChI=1S/C13H16N2O2/c1-13(2,3)15(9-12(16)17)11-6-4-10(8-14)5-7-11/h4-7H,9H2,1-3H3,(H,16,17). The van der Waals surface area contributed by atoms with Gasteiger partial charge in [-0.15, -0.1) is 0 Å². The van der Waals surface area contributed by atoms with Gasteiger partial charge in [0.2, 0.25) is 0 Å². The Morgan fingerprint density at radius 1 is 1.35 bits per heavy atom. The highest BCUT2D eigenvalue weighted by Crippen LogP contribution is 2.23. The van der Waals surface area contributed by atoms with Crippen LogP contribution in [0.2, 0.25) is 0 Å². The number of benzene rings is 1. The zero-order valence-electron chi connectivity index (χ0n) is 10.3. The highest BCUT2D eigenvalue weighted by Gasteiger charge is 2.23. The topological polar surface area (TPSA) is 64.3 Å². The van der Waals surface area contributed by atoms with Crippen LogP contribution in [0.3, 0.4) is 0 Å². The van der Waals surface area contributed by atoms with Gasteiger partial charge in [-0.25, -0.2) is 0 Å². The van der Waals surface area contributed by atoms with Crippen molar-refractivity contribution < 1.29 is 9.90 Å². The molecule has 0 radical (unpaired) electrons. The summed E-state index contributed by atoms with van der Waals surface area (Å²) in [5.74, 6) is -0.871. The number of carbonyl (C=O) groups is 1. The molecule has 1 rings (SSSR count). The van der Waals surface area contributed by atoms with Gasteiger partial charge in [-0.3, -0.25) is 4.79 Å². The molecule has 0 fully saturated rings. The van der Waals surface area contributed by atoms with Crippen molar-refractivity contribution in [3.8, 4) is 6.07 Å². The SMILES string of the molecule is CC(C)(C)N(CC(=O)O)c1ccc(C#N)cc1. The van der Waals surface area contributed by atoms with E-state index in [0.29, 0.717) is 5.56 Å². The van der Waals surface area contributed by atoms with Gasteiger partial charge in [0.1, 0.15) is 6.54 Å². The zero-order valence-corrected chi connectivity index (χ0v) is 10.3. The highest BCUT2D eigenvalue weighted by atomic mass is 16.4. The van der Waals surface area contributed by atoms with E-state index in [0.717, 1.165) is 5.69 Å². The second-order valence-electron chi connectivity index (χ2n) is 4.81. The van der Waals surface area contributed by atoms with Crippen LogP contribution in [0.4, 0.5) is 5.69 Å². The lowest BCUT2D eigenvalue weighted by molar-refractivity contribution is -0.135.